The highest BCUT2D eigenvalue weighted by atomic mass is 16.4. The van der Waals surface area contributed by atoms with Gasteiger partial charge in [-0.15, -0.1) is 0 Å². The topological polar surface area (TPSA) is 77.9 Å². The molecule has 0 radical (unpaired) electrons. The largest absolute Gasteiger partial charge is 0.480 e. The molecule has 6 heteroatoms. The molecule has 1 aliphatic carbocycles. The molecule has 2 amide bonds. The summed E-state index contributed by atoms with van der Waals surface area (Å²) in [5, 5.41) is 9.62. The minimum absolute atomic E-state index is 0.0502. The van der Waals surface area contributed by atoms with E-state index in [9.17, 15) is 19.5 Å². The monoisotopic (exact) mass is 370 g/mol. The van der Waals surface area contributed by atoms with Crippen molar-refractivity contribution in [3.63, 3.8) is 0 Å². The lowest BCUT2D eigenvalue weighted by Gasteiger charge is -2.33. The maximum Gasteiger partial charge on any atom is 0.326 e. The number of carbonyl (C=O) groups excluding carboxylic acids is 2. The molecule has 2 saturated heterocycles. The first-order valence-electron chi connectivity index (χ1n) is 9.97. The Morgan fingerprint density at radius 3 is 2.48 bits per heavy atom. The predicted octanol–water partition coefficient (Wildman–Crippen LogP) is 2.67. The molecule has 0 aromatic heterocycles. The zero-order chi connectivity index (χ0) is 19.0. The molecule has 2 aliphatic heterocycles. The van der Waals surface area contributed by atoms with E-state index in [1.807, 2.05) is 17.0 Å². The van der Waals surface area contributed by atoms with Gasteiger partial charge in [0.2, 0.25) is 5.91 Å². The van der Waals surface area contributed by atoms with E-state index in [-0.39, 0.29) is 17.9 Å². The van der Waals surface area contributed by atoms with Crippen LogP contribution in [0.15, 0.2) is 24.3 Å². The van der Waals surface area contributed by atoms with Crippen LogP contribution in [0.25, 0.3) is 0 Å². The van der Waals surface area contributed by atoms with E-state index >= 15 is 0 Å². The molecule has 27 heavy (non-hydrogen) atoms. The highest BCUT2D eigenvalue weighted by Gasteiger charge is 2.47. The fourth-order valence-electron chi connectivity index (χ4n) is 4.97. The molecule has 3 fully saturated rings. The van der Waals surface area contributed by atoms with Gasteiger partial charge in [-0.2, -0.15) is 0 Å². The van der Waals surface area contributed by atoms with E-state index in [0.29, 0.717) is 30.9 Å². The summed E-state index contributed by atoms with van der Waals surface area (Å²) in [5.41, 5.74) is 1.53. The van der Waals surface area contributed by atoms with Crippen molar-refractivity contribution < 1.29 is 19.5 Å². The van der Waals surface area contributed by atoms with Crippen LogP contribution in [0.1, 0.15) is 60.9 Å². The number of hydrogen-bond acceptors (Lipinski definition) is 3. The van der Waals surface area contributed by atoms with Gasteiger partial charge in [-0.25, -0.2) is 4.79 Å². The Balaban J connectivity index is 1.50. The third-order valence-corrected chi connectivity index (χ3v) is 6.35. The van der Waals surface area contributed by atoms with Crippen LogP contribution in [-0.2, 0) is 16.1 Å². The Labute approximate surface area is 159 Å². The molecular weight excluding hydrogens is 344 g/mol. The lowest BCUT2D eigenvalue weighted by molar-refractivity contribution is -0.141. The normalized spacial score (nSPS) is 27.7. The highest BCUT2D eigenvalue weighted by molar-refractivity contribution is 5.97. The lowest BCUT2D eigenvalue weighted by atomic mass is 9.84. The van der Waals surface area contributed by atoms with Gasteiger partial charge in [-0.3, -0.25) is 9.59 Å². The van der Waals surface area contributed by atoms with E-state index in [1.54, 1.807) is 17.0 Å². The van der Waals surface area contributed by atoms with Crippen molar-refractivity contribution in [2.45, 2.75) is 63.6 Å². The van der Waals surface area contributed by atoms with Crippen molar-refractivity contribution in [2.24, 2.45) is 5.92 Å². The number of aliphatic carboxylic acids is 1. The summed E-state index contributed by atoms with van der Waals surface area (Å²) >= 11 is 0. The zero-order valence-electron chi connectivity index (χ0n) is 15.5. The molecule has 1 saturated carbocycles. The Morgan fingerprint density at radius 1 is 1.07 bits per heavy atom. The quantitative estimate of drug-likeness (QED) is 0.884. The van der Waals surface area contributed by atoms with Crippen molar-refractivity contribution >= 4 is 17.8 Å². The minimum atomic E-state index is -0.901. The zero-order valence-corrected chi connectivity index (χ0v) is 15.5. The average molecular weight is 370 g/mol. The van der Waals surface area contributed by atoms with Gasteiger partial charge < -0.3 is 14.9 Å². The first-order chi connectivity index (χ1) is 13.0. The molecule has 3 aliphatic rings. The SMILES string of the molecule is O=C(O)[C@@H]1C[C@@H]2CCCC[C@H]2N1C(=O)c1ccc(CN2CCCC2=O)cc1. The van der Waals surface area contributed by atoms with Crippen molar-refractivity contribution in [1.29, 1.82) is 0 Å². The number of nitrogens with zero attached hydrogens (tertiary/aromatic N) is 2. The van der Waals surface area contributed by atoms with Gasteiger partial charge in [0.05, 0.1) is 0 Å². The van der Waals surface area contributed by atoms with Crippen molar-refractivity contribution in [3.8, 4) is 0 Å². The number of hydrogen-bond donors (Lipinski definition) is 1. The van der Waals surface area contributed by atoms with Gasteiger partial charge in [0, 0.05) is 31.1 Å². The van der Waals surface area contributed by atoms with E-state index in [1.165, 1.54) is 0 Å². The van der Waals surface area contributed by atoms with Gasteiger partial charge in [0.15, 0.2) is 0 Å². The van der Waals surface area contributed by atoms with Crippen LogP contribution >= 0.6 is 0 Å². The van der Waals surface area contributed by atoms with Crippen LogP contribution in [0.5, 0.6) is 0 Å². The van der Waals surface area contributed by atoms with Gasteiger partial charge in [-0.05, 0) is 49.3 Å². The maximum atomic E-state index is 13.1. The highest BCUT2D eigenvalue weighted by Crippen LogP contribution is 2.40. The summed E-state index contributed by atoms with van der Waals surface area (Å²) in [4.78, 5) is 40.1. The maximum absolute atomic E-state index is 13.1. The third kappa shape index (κ3) is 3.45. The summed E-state index contributed by atoms with van der Waals surface area (Å²) in [6.07, 6.45) is 6.19. The molecule has 0 unspecified atom stereocenters. The van der Waals surface area contributed by atoms with E-state index in [0.717, 1.165) is 44.2 Å². The smallest absolute Gasteiger partial charge is 0.326 e. The van der Waals surface area contributed by atoms with Crippen molar-refractivity contribution in [3.05, 3.63) is 35.4 Å². The van der Waals surface area contributed by atoms with Gasteiger partial charge >= 0.3 is 5.97 Å². The standard InChI is InChI=1S/C21H26N2O4/c24-19-6-3-11-22(19)13-14-7-9-15(10-8-14)20(25)23-17-5-2-1-4-16(17)12-18(23)21(26)27/h7-10,16-18H,1-6,11-13H2,(H,26,27)/t16-,17+,18-/m0/s1. The molecule has 2 heterocycles. The van der Waals surface area contributed by atoms with Crippen LogP contribution in [0, 0.1) is 5.92 Å². The average Bonchev–Trinajstić information content (AvgIpc) is 3.25. The van der Waals surface area contributed by atoms with Crippen molar-refractivity contribution in [2.75, 3.05) is 6.54 Å². The number of fused-ring (bicyclic) bond motifs is 1. The minimum Gasteiger partial charge on any atom is -0.480 e. The molecule has 0 spiro atoms. The number of likely N-dealkylation sites (tertiary alicyclic amines) is 2. The van der Waals surface area contributed by atoms with Crippen LogP contribution in [-0.4, -0.2) is 51.3 Å². The summed E-state index contributed by atoms with van der Waals surface area (Å²) in [6, 6.07) is 6.63. The predicted molar refractivity (Wildman–Crippen MR) is 99.0 cm³/mol. The molecule has 0 bridgehead atoms. The van der Waals surface area contributed by atoms with Gasteiger partial charge in [-0.1, -0.05) is 25.0 Å². The molecule has 3 atom stereocenters. The second-order valence-corrected chi connectivity index (χ2v) is 8.03. The molecule has 4 rings (SSSR count). The van der Waals surface area contributed by atoms with Gasteiger partial charge in [0.1, 0.15) is 6.04 Å². The van der Waals surface area contributed by atoms with E-state index < -0.39 is 12.0 Å². The van der Waals surface area contributed by atoms with Crippen molar-refractivity contribution in [1.82, 2.24) is 9.80 Å². The second-order valence-electron chi connectivity index (χ2n) is 8.03. The summed E-state index contributed by atoms with van der Waals surface area (Å²) in [7, 11) is 0. The Kier molecular flexibility index (Phi) is 4.89. The summed E-state index contributed by atoms with van der Waals surface area (Å²) < 4.78 is 0. The number of amides is 2. The number of carboxylic acids is 1. The first kappa shape index (κ1) is 18.0. The number of carboxylic acid groups (broad SMARTS) is 1. The number of rotatable bonds is 4. The van der Waals surface area contributed by atoms with Crippen LogP contribution in [0.4, 0.5) is 0 Å². The number of carbonyl (C=O) groups is 3. The molecule has 1 N–H and O–H groups in total. The molecule has 6 nitrogen and oxygen atoms in total. The van der Waals surface area contributed by atoms with E-state index in [4.69, 9.17) is 0 Å². The Morgan fingerprint density at radius 2 is 1.81 bits per heavy atom. The molecule has 144 valence electrons. The first-order valence-corrected chi connectivity index (χ1v) is 9.97. The molecule has 1 aromatic carbocycles. The Bertz CT molecular complexity index is 745. The summed E-state index contributed by atoms with van der Waals surface area (Å²) in [6.45, 7) is 1.36. The fraction of sp³-hybridized carbons (Fsp3) is 0.571. The van der Waals surface area contributed by atoms with Crippen LogP contribution in [0.3, 0.4) is 0 Å². The molecular formula is C21H26N2O4. The third-order valence-electron chi connectivity index (χ3n) is 6.35. The molecule has 1 aromatic rings. The lowest BCUT2D eigenvalue weighted by Crippen LogP contribution is -2.46. The van der Waals surface area contributed by atoms with E-state index in [2.05, 4.69) is 0 Å². The Hall–Kier alpha value is -2.37. The van der Waals surface area contributed by atoms with Crippen LogP contribution < -0.4 is 0 Å². The summed E-state index contributed by atoms with van der Waals surface area (Å²) in [5.74, 6) is -0.591. The fourth-order valence-corrected chi connectivity index (χ4v) is 4.97. The number of benzene rings is 1. The van der Waals surface area contributed by atoms with Crippen LogP contribution in [0.2, 0.25) is 0 Å². The van der Waals surface area contributed by atoms with Gasteiger partial charge in [0.25, 0.3) is 5.91 Å². The second kappa shape index (κ2) is 7.33.